The normalized spacial score (nSPS) is 18.1. The Morgan fingerprint density at radius 3 is 2.14 bits per heavy atom. The first-order valence-electron chi connectivity index (χ1n) is 10.1. The van der Waals surface area contributed by atoms with E-state index >= 15 is 0 Å². The standard InChI is InChI=1S/C21H26ClN5O/c22-18-6-5-7-19(14-18)25-10-12-27(13-11-25)21-23-15-17(16-24-21)20(28)26-8-3-1-2-4-9-26/h5-7,14-16H,1-4,8-13H2. The summed E-state index contributed by atoms with van der Waals surface area (Å²) in [5.41, 5.74) is 1.73. The molecule has 0 aliphatic carbocycles. The summed E-state index contributed by atoms with van der Waals surface area (Å²) >= 11 is 6.11. The highest BCUT2D eigenvalue weighted by Crippen LogP contribution is 2.22. The van der Waals surface area contributed by atoms with Crippen molar-refractivity contribution in [1.82, 2.24) is 14.9 Å². The lowest BCUT2D eigenvalue weighted by atomic mass is 10.2. The molecule has 2 aliphatic heterocycles. The van der Waals surface area contributed by atoms with Crippen LogP contribution in [0.15, 0.2) is 36.7 Å². The van der Waals surface area contributed by atoms with Crippen molar-refractivity contribution in [2.75, 3.05) is 49.1 Å². The van der Waals surface area contributed by atoms with Crippen molar-refractivity contribution in [1.29, 1.82) is 0 Å². The summed E-state index contributed by atoms with van der Waals surface area (Å²) < 4.78 is 0. The fraction of sp³-hybridized carbons (Fsp3) is 0.476. The Morgan fingerprint density at radius 1 is 0.857 bits per heavy atom. The molecule has 2 aromatic rings. The Kier molecular flexibility index (Phi) is 5.95. The number of benzene rings is 1. The second-order valence-electron chi connectivity index (χ2n) is 7.43. The summed E-state index contributed by atoms with van der Waals surface area (Å²) in [4.78, 5) is 28.1. The van der Waals surface area contributed by atoms with Crippen LogP contribution in [-0.2, 0) is 0 Å². The third-order valence-corrected chi connectivity index (χ3v) is 5.75. The molecule has 0 bridgehead atoms. The van der Waals surface area contributed by atoms with E-state index in [0.717, 1.165) is 62.8 Å². The van der Waals surface area contributed by atoms with Gasteiger partial charge >= 0.3 is 0 Å². The highest BCUT2D eigenvalue weighted by molar-refractivity contribution is 6.30. The lowest BCUT2D eigenvalue weighted by Crippen LogP contribution is -2.47. The molecule has 148 valence electrons. The van der Waals surface area contributed by atoms with Crippen LogP contribution in [0.5, 0.6) is 0 Å². The number of likely N-dealkylation sites (tertiary alicyclic amines) is 1. The quantitative estimate of drug-likeness (QED) is 0.790. The molecular formula is C21H26ClN5O. The van der Waals surface area contributed by atoms with Gasteiger partial charge in [-0.15, -0.1) is 0 Å². The van der Waals surface area contributed by atoms with Crippen LogP contribution in [-0.4, -0.2) is 60.0 Å². The first-order chi connectivity index (χ1) is 13.7. The van der Waals surface area contributed by atoms with Crippen molar-refractivity contribution in [2.45, 2.75) is 25.7 Å². The molecule has 3 heterocycles. The van der Waals surface area contributed by atoms with Gasteiger partial charge in [0.1, 0.15) is 0 Å². The molecule has 0 unspecified atom stereocenters. The molecule has 6 nitrogen and oxygen atoms in total. The lowest BCUT2D eigenvalue weighted by molar-refractivity contribution is 0.0761. The number of hydrogen-bond donors (Lipinski definition) is 0. The zero-order valence-corrected chi connectivity index (χ0v) is 16.8. The number of rotatable bonds is 3. The van der Waals surface area contributed by atoms with Crippen LogP contribution in [0.2, 0.25) is 5.02 Å². The van der Waals surface area contributed by atoms with E-state index in [1.165, 1.54) is 12.8 Å². The maximum Gasteiger partial charge on any atom is 0.256 e. The third-order valence-electron chi connectivity index (χ3n) is 5.51. The Labute approximate surface area is 171 Å². The van der Waals surface area contributed by atoms with E-state index in [4.69, 9.17) is 11.6 Å². The van der Waals surface area contributed by atoms with Gasteiger partial charge in [-0.3, -0.25) is 4.79 Å². The molecule has 2 saturated heterocycles. The van der Waals surface area contributed by atoms with E-state index in [1.54, 1.807) is 12.4 Å². The fourth-order valence-electron chi connectivity index (χ4n) is 3.89. The summed E-state index contributed by atoms with van der Waals surface area (Å²) in [6.45, 7) is 5.13. The fourth-order valence-corrected chi connectivity index (χ4v) is 4.07. The number of carbonyl (C=O) groups excluding carboxylic acids is 1. The van der Waals surface area contributed by atoms with Gasteiger partial charge in [0.2, 0.25) is 5.95 Å². The molecular weight excluding hydrogens is 374 g/mol. The highest BCUT2D eigenvalue weighted by Gasteiger charge is 2.21. The summed E-state index contributed by atoms with van der Waals surface area (Å²) in [5.74, 6) is 0.748. The molecule has 0 saturated carbocycles. The van der Waals surface area contributed by atoms with Crippen LogP contribution in [0.1, 0.15) is 36.0 Å². The Morgan fingerprint density at radius 2 is 1.50 bits per heavy atom. The second kappa shape index (κ2) is 8.78. The summed E-state index contributed by atoms with van der Waals surface area (Å²) in [7, 11) is 0. The zero-order valence-electron chi connectivity index (χ0n) is 16.1. The van der Waals surface area contributed by atoms with E-state index in [0.29, 0.717) is 11.5 Å². The van der Waals surface area contributed by atoms with Gasteiger partial charge in [0.25, 0.3) is 5.91 Å². The smallest absolute Gasteiger partial charge is 0.256 e. The number of nitrogens with zero attached hydrogens (tertiary/aromatic N) is 5. The maximum atomic E-state index is 12.7. The number of hydrogen-bond acceptors (Lipinski definition) is 5. The van der Waals surface area contributed by atoms with Crippen molar-refractivity contribution in [3.63, 3.8) is 0 Å². The van der Waals surface area contributed by atoms with Crippen LogP contribution in [0.3, 0.4) is 0 Å². The monoisotopic (exact) mass is 399 g/mol. The number of anilines is 2. The molecule has 0 radical (unpaired) electrons. The van der Waals surface area contributed by atoms with Crippen molar-refractivity contribution >= 4 is 29.1 Å². The average Bonchev–Trinajstić information content (AvgIpc) is 3.03. The van der Waals surface area contributed by atoms with E-state index < -0.39 is 0 Å². The Bertz CT molecular complexity index is 797. The van der Waals surface area contributed by atoms with Gasteiger partial charge in [0, 0.05) is 62.4 Å². The molecule has 4 rings (SSSR count). The largest absolute Gasteiger partial charge is 0.368 e. The number of aromatic nitrogens is 2. The number of piperazine rings is 1. The third kappa shape index (κ3) is 4.38. The summed E-state index contributed by atoms with van der Waals surface area (Å²) in [6, 6.07) is 7.95. The van der Waals surface area contributed by atoms with Crippen LogP contribution in [0.4, 0.5) is 11.6 Å². The van der Waals surface area contributed by atoms with Gasteiger partial charge in [0.05, 0.1) is 5.56 Å². The van der Waals surface area contributed by atoms with Crippen molar-refractivity contribution in [3.8, 4) is 0 Å². The van der Waals surface area contributed by atoms with E-state index in [1.807, 2.05) is 23.1 Å². The van der Waals surface area contributed by atoms with Crippen LogP contribution in [0.25, 0.3) is 0 Å². The zero-order chi connectivity index (χ0) is 19.3. The van der Waals surface area contributed by atoms with Crippen LogP contribution in [0, 0.1) is 0 Å². The number of halogens is 1. The predicted molar refractivity (Wildman–Crippen MR) is 112 cm³/mol. The minimum atomic E-state index is 0.0548. The minimum Gasteiger partial charge on any atom is -0.368 e. The van der Waals surface area contributed by atoms with E-state index in [2.05, 4.69) is 25.8 Å². The van der Waals surface area contributed by atoms with Crippen LogP contribution >= 0.6 is 11.6 Å². The summed E-state index contributed by atoms with van der Waals surface area (Å²) in [5, 5.41) is 0.757. The molecule has 0 atom stereocenters. The topological polar surface area (TPSA) is 52.6 Å². The van der Waals surface area contributed by atoms with Gasteiger partial charge in [-0.2, -0.15) is 0 Å². The molecule has 1 aromatic carbocycles. The highest BCUT2D eigenvalue weighted by atomic mass is 35.5. The average molecular weight is 400 g/mol. The van der Waals surface area contributed by atoms with Crippen molar-refractivity contribution in [3.05, 3.63) is 47.2 Å². The van der Waals surface area contributed by atoms with Crippen LogP contribution < -0.4 is 9.80 Å². The molecule has 7 heteroatoms. The van der Waals surface area contributed by atoms with Gasteiger partial charge < -0.3 is 14.7 Å². The van der Waals surface area contributed by atoms with Crippen molar-refractivity contribution < 1.29 is 4.79 Å². The van der Waals surface area contributed by atoms with Gasteiger partial charge in [-0.1, -0.05) is 30.5 Å². The minimum absolute atomic E-state index is 0.0548. The molecule has 2 fully saturated rings. The lowest BCUT2D eigenvalue weighted by Gasteiger charge is -2.36. The molecule has 0 spiro atoms. The number of carbonyl (C=O) groups is 1. The first-order valence-corrected chi connectivity index (χ1v) is 10.5. The van der Waals surface area contributed by atoms with Gasteiger partial charge in [0.15, 0.2) is 0 Å². The van der Waals surface area contributed by atoms with Gasteiger partial charge in [-0.05, 0) is 31.0 Å². The molecule has 2 aliphatic rings. The Balaban J connectivity index is 1.36. The van der Waals surface area contributed by atoms with Gasteiger partial charge in [-0.25, -0.2) is 9.97 Å². The predicted octanol–water partition coefficient (Wildman–Crippen LogP) is 3.47. The molecule has 28 heavy (non-hydrogen) atoms. The van der Waals surface area contributed by atoms with E-state index in [-0.39, 0.29) is 5.91 Å². The molecule has 1 aromatic heterocycles. The second-order valence-corrected chi connectivity index (χ2v) is 7.87. The Hall–Kier alpha value is -2.34. The summed E-state index contributed by atoms with van der Waals surface area (Å²) in [6.07, 6.45) is 7.95. The number of amides is 1. The maximum absolute atomic E-state index is 12.7. The first kappa shape index (κ1) is 19.0. The molecule has 1 amide bonds. The van der Waals surface area contributed by atoms with E-state index in [9.17, 15) is 4.79 Å². The molecule has 0 N–H and O–H groups in total. The van der Waals surface area contributed by atoms with Crippen molar-refractivity contribution in [2.24, 2.45) is 0 Å². The SMILES string of the molecule is O=C(c1cnc(N2CCN(c3cccc(Cl)c3)CC2)nc1)N1CCCCCC1.